The number of carbonyl (C=O) groups excluding carboxylic acids is 1. The van der Waals surface area contributed by atoms with E-state index in [0.717, 1.165) is 36.2 Å². The van der Waals surface area contributed by atoms with Crippen LogP contribution in [-0.2, 0) is 0 Å². The van der Waals surface area contributed by atoms with Crippen molar-refractivity contribution in [2.75, 3.05) is 13.6 Å². The van der Waals surface area contributed by atoms with Gasteiger partial charge < -0.3 is 19.8 Å². The minimum Gasteiger partial charge on any atom is -0.458 e. The second-order valence-electron chi connectivity index (χ2n) is 8.00. The molecule has 2 unspecified atom stereocenters. The fraction of sp³-hybridized carbons (Fsp3) is 0.304. The standard InChI is InChI=1S/C23H24N4O3/c1-14-3-5-17-18(11-14)26-22(25-17)19-13-16(7-8-27(19)2)24-23(28)15-4-6-20-21(12-15)30-10-9-29-20/h3-6,9-12,16,19H,7-8,13H2,1-2H3,(H,24,28)(H,25,26). The van der Waals surface area contributed by atoms with Gasteiger partial charge in [-0.05, 0) is 62.7 Å². The fourth-order valence-electron chi connectivity index (χ4n) is 4.14. The van der Waals surface area contributed by atoms with Crippen LogP contribution in [0.15, 0.2) is 48.9 Å². The van der Waals surface area contributed by atoms with Crippen molar-refractivity contribution in [3.8, 4) is 11.5 Å². The summed E-state index contributed by atoms with van der Waals surface area (Å²) >= 11 is 0. The zero-order valence-corrected chi connectivity index (χ0v) is 17.0. The molecule has 5 rings (SSSR count). The first-order valence-corrected chi connectivity index (χ1v) is 10.2. The van der Waals surface area contributed by atoms with E-state index in [-0.39, 0.29) is 18.0 Å². The lowest BCUT2D eigenvalue weighted by Gasteiger charge is -2.36. The number of benzene rings is 2. The van der Waals surface area contributed by atoms with Crippen LogP contribution in [0.2, 0.25) is 0 Å². The molecule has 7 heteroatoms. The molecule has 3 aromatic rings. The van der Waals surface area contributed by atoms with E-state index in [9.17, 15) is 4.79 Å². The molecule has 0 saturated carbocycles. The number of nitrogens with one attached hydrogen (secondary N) is 2. The highest BCUT2D eigenvalue weighted by molar-refractivity contribution is 5.95. The van der Waals surface area contributed by atoms with Gasteiger partial charge in [-0.15, -0.1) is 0 Å². The number of likely N-dealkylation sites (tertiary alicyclic amines) is 1. The van der Waals surface area contributed by atoms with Gasteiger partial charge in [0.2, 0.25) is 0 Å². The summed E-state index contributed by atoms with van der Waals surface area (Å²) in [4.78, 5) is 23.4. The van der Waals surface area contributed by atoms with E-state index in [0.29, 0.717) is 17.1 Å². The normalized spacial score (nSPS) is 21.0. The highest BCUT2D eigenvalue weighted by atomic mass is 16.5. The minimum atomic E-state index is -0.107. The number of fused-ring (bicyclic) bond motifs is 2. The Morgan fingerprint density at radius 3 is 2.87 bits per heavy atom. The molecule has 0 radical (unpaired) electrons. The molecule has 1 amide bonds. The van der Waals surface area contributed by atoms with Crippen LogP contribution in [0.25, 0.3) is 11.0 Å². The maximum absolute atomic E-state index is 12.8. The Bertz CT molecular complexity index is 1140. The number of aromatic nitrogens is 2. The van der Waals surface area contributed by atoms with Crippen LogP contribution in [0.5, 0.6) is 11.5 Å². The fourth-order valence-corrected chi connectivity index (χ4v) is 4.14. The second-order valence-corrected chi connectivity index (χ2v) is 8.00. The molecule has 0 spiro atoms. The summed E-state index contributed by atoms with van der Waals surface area (Å²) in [5, 5.41) is 3.18. The highest BCUT2D eigenvalue weighted by Crippen LogP contribution is 2.32. The van der Waals surface area contributed by atoms with E-state index in [4.69, 9.17) is 14.5 Å². The Morgan fingerprint density at radius 2 is 2.00 bits per heavy atom. The first kappa shape index (κ1) is 18.7. The summed E-state index contributed by atoms with van der Waals surface area (Å²) in [6.07, 6.45) is 4.63. The molecule has 0 aliphatic carbocycles. The van der Waals surface area contributed by atoms with Crippen LogP contribution >= 0.6 is 0 Å². The molecule has 3 heterocycles. The number of ether oxygens (including phenoxy) is 2. The van der Waals surface area contributed by atoms with Crippen LogP contribution < -0.4 is 14.8 Å². The van der Waals surface area contributed by atoms with Crippen molar-refractivity contribution in [2.45, 2.75) is 31.8 Å². The van der Waals surface area contributed by atoms with Gasteiger partial charge in [0, 0.05) is 18.2 Å². The van der Waals surface area contributed by atoms with Crippen molar-refractivity contribution in [1.29, 1.82) is 0 Å². The van der Waals surface area contributed by atoms with Crippen molar-refractivity contribution in [3.63, 3.8) is 0 Å². The number of imidazole rings is 1. The Kier molecular flexibility index (Phi) is 4.67. The maximum Gasteiger partial charge on any atom is 0.251 e. The molecule has 2 N–H and O–H groups in total. The van der Waals surface area contributed by atoms with Gasteiger partial charge >= 0.3 is 0 Å². The smallest absolute Gasteiger partial charge is 0.251 e. The largest absolute Gasteiger partial charge is 0.458 e. The second kappa shape index (κ2) is 7.50. The number of amides is 1. The molecule has 154 valence electrons. The lowest BCUT2D eigenvalue weighted by Crippen LogP contribution is -2.45. The topological polar surface area (TPSA) is 79.5 Å². The Labute approximate surface area is 174 Å². The van der Waals surface area contributed by atoms with Crippen LogP contribution in [0, 0.1) is 6.92 Å². The average molecular weight is 404 g/mol. The molecule has 2 aliphatic rings. The molecule has 1 aromatic heterocycles. The molecule has 30 heavy (non-hydrogen) atoms. The number of carbonyl (C=O) groups is 1. The molecule has 2 aromatic carbocycles. The van der Waals surface area contributed by atoms with Gasteiger partial charge in [-0.2, -0.15) is 0 Å². The van der Waals surface area contributed by atoms with Gasteiger partial charge in [-0.25, -0.2) is 4.98 Å². The van der Waals surface area contributed by atoms with Crippen LogP contribution in [-0.4, -0.2) is 40.4 Å². The zero-order valence-electron chi connectivity index (χ0n) is 17.0. The van der Waals surface area contributed by atoms with E-state index in [1.54, 1.807) is 18.2 Å². The Balaban J connectivity index is 1.31. The SMILES string of the molecule is Cc1ccc2nc(C3CC(NC(=O)c4ccc5c(c4)OC=CO5)CCN3C)[nH]c2c1. The van der Waals surface area contributed by atoms with Gasteiger partial charge in [-0.1, -0.05) is 6.07 Å². The first-order valence-electron chi connectivity index (χ1n) is 10.2. The van der Waals surface area contributed by atoms with Crippen molar-refractivity contribution >= 4 is 16.9 Å². The van der Waals surface area contributed by atoms with Crippen LogP contribution in [0.4, 0.5) is 0 Å². The molecule has 2 atom stereocenters. The Hall–Kier alpha value is -3.32. The third-order valence-electron chi connectivity index (χ3n) is 5.83. The molecule has 1 saturated heterocycles. The van der Waals surface area contributed by atoms with E-state index >= 15 is 0 Å². The number of aryl methyl sites for hydroxylation is 1. The predicted octanol–water partition coefficient (Wildman–Crippen LogP) is 3.68. The molecular formula is C23H24N4O3. The van der Waals surface area contributed by atoms with Crippen molar-refractivity contribution < 1.29 is 14.3 Å². The number of rotatable bonds is 3. The highest BCUT2D eigenvalue weighted by Gasteiger charge is 2.30. The minimum absolute atomic E-state index is 0.0711. The summed E-state index contributed by atoms with van der Waals surface area (Å²) in [6, 6.07) is 11.6. The number of hydrogen-bond donors (Lipinski definition) is 2. The monoisotopic (exact) mass is 404 g/mol. The number of H-pyrrole nitrogens is 1. The summed E-state index contributed by atoms with van der Waals surface area (Å²) in [5.74, 6) is 1.99. The first-order chi connectivity index (χ1) is 14.6. The summed E-state index contributed by atoms with van der Waals surface area (Å²) in [5.41, 5.74) is 3.78. The van der Waals surface area contributed by atoms with Crippen LogP contribution in [0.1, 0.15) is 40.6 Å². The van der Waals surface area contributed by atoms with Crippen molar-refractivity contribution in [1.82, 2.24) is 20.2 Å². The lowest BCUT2D eigenvalue weighted by atomic mass is 9.96. The van der Waals surface area contributed by atoms with E-state index in [1.807, 2.05) is 6.07 Å². The number of aromatic amines is 1. The molecule has 7 nitrogen and oxygen atoms in total. The summed E-state index contributed by atoms with van der Waals surface area (Å²) < 4.78 is 10.8. The number of nitrogens with zero attached hydrogens (tertiary/aromatic N) is 2. The third kappa shape index (κ3) is 3.52. The molecule has 2 aliphatic heterocycles. The zero-order chi connectivity index (χ0) is 20.7. The van der Waals surface area contributed by atoms with Gasteiger partial charge in [0.25, 0.3) is 5.91 Å². The molecule has 1 fully saturated rings. The van der Waals surface area contributed by atoms with Crippen molar-refractivity contribution in [2.24, 2.45) is 0 Å². The van der Waals surface area contributed by atoms with E-state index in [2.05, 4.69) is 41.3 Å². The van der Waals surface area contributed by atoms with E-state index < -0.39 is 0 Å². The van der Waals surface area contributed by atoms with E-state index in [1.165, 1.54) is 18.1 Å². The van der Waals surface area contributed by atoms with Gasteiger partial charge in [0.05, 0.1) is 17.1 Å². The average Bonchev–Trinajstić information content (AvgIpc) is 3.17. The van der Waals surface area contributed by atoms with Crippen molar-refractivity contribution in [3.05, 3.63) is 65.9 Å². The number of piperidine rings is 1. The third-order valence-corrected chi connectivity index (χ3v) is 5.83. The number of hydrogen-bond acceptors (Lipinski definition) is 5. The van der Waals surface area contributed by atoms with Gasteiger partial charge in [-0.3, -0.25) is 9.69 Å². The quantitative estimate of drug-likeness (QED) is 0.696. The van der Waals surface area contributed by atoms with Crippen LogP contribution in [0.3, 0.4) is 0 Å². The maximum atomic E-state index is 12.8. The van der Waals surface area contributed by atoms with Gasteiger partial charge in [0.1, 0.15) is 18.3 Å². The predicted molar refractivity (Wildman–Crippen MR) is 114 cm³/mol. The Morgan fingerprint density at radius 1 is 1.17 bits per heavy atom. The van der Waals surface area contributed by atoms with Gasteiger partial charge in [0.15, 0.2) is 11.5 Å². The summed E-state index contributed by atoms with van der Waals surface area (Å²) in [7, 11) is 2.11. The summed E-state index contributed by atoms with van der Waals surface area (Å²) in [6.45, 7) is 2.96. The molecular weight excluding hydrogens is 380 g/mol. The lowest BCUT2D eigenvalue weighted by molar-refractivity contribution is 0.0884. The molecule has 0 bridgehead atoms.